The normalized spacial score (nSPS) is 20.3. The summed E-state index contributed by atoms with van der Waals surface area (Å²) in [5.41, 5.74) is 5.92. The molecule has 1 heteroatoms. The van der Waals surface area contributed by atoms with Crippen LogP contribution in [0.15, 0.2) is 12.1 Å². The molecule has 0 amide bonds. The van der Waals surface area contributed by atoms with Crippen LogP contribution in [-0.4, -0.2) is 13.1 Å². The third-order valence-corrected chi connectivity index (χ3v) is 3.81. The first-order valence-corrected chi connectivity index (χ1v) is 6.44. The molecule has 1 nitrogen and oxygen atoms in total. The lowest BCUT2D eigenvalue weighted by Crippen LogP contribution is -2.10. The summed E-state index contributed by atoms with van der Waals surface area (Å²) in [4.78, 5) is 0. The smallest absolute Gasteiger partial charge is 0.00199 e. The predicted octanol–water partition coefficient (Wildman–Crippen LogP) is 3.15. The lowest BCUT2D eigenvalue weighted by molar-refractivity contribution is 0.531. The fourth-order valence-corrected chi connectivity index (χ4v) is 2.91. The van der Waals surface area contributed by atoms with Gasteiger partial charge in [0, 0.05) is 0 Å². The van der Waals surface area contributed by atoms with Crippen molar-refractivity contribution >= 4 is 0 Å². The summed E-state index contributed by atoms with van der Waals surface area (Å²) in [5, 5.41) is 3.45. The van der Waals surface area contributed by atoms with Crippen LogP contribution in [0.3, 0.4) is 0 Å². The molecule has 0 radical (unpaired) electrons. The molecule has 0 saturated carbocycles. The fourth-order valence-electron chi connectivity index (χ4n) is 2.91. The molecule has 1 heterocycles. The van der Waals surface area contributed by atoms with Crippen molar-refractivity contribution in [2.24, 2.45) is 5.92 Å². The highest BCUT2D eigenvalue weighted by molar-refractivity contribution is 5.37. The van der Waals surface area contributed by atoms with E-state index in [1.165, 1.54) is 49.0 Å². The Labute approximate surface area is 99.3 Å². The Hall–Kier alpha value is -0.820. The van der Waals surface area contributed by atoms with Crippen LogP contribution in [0, 0.1) is 26.7 Å². The Morgan fingerprint density at radius 2 is 1.88 bits per heavy atom. The van der Waals surface area contributed by atoms with Gasteiger partial charge >= 0.3 is 0 Å². The van der Waals surface area contributed by atoms with Gasteiger partial charge in [-0.1, -0.05) is 17.7 Å². The molecule has 1 N–H and O–H groups in total. The number of hydrogen-bond donors (Lipinski definition) is 1. The summed E-state index contributed by atoms with van der Waals surface area (Å²) in [6.07, 6.45) is 3.96. The van der Waals surface area contributed by atoms with E-state index < -0.39 is 0 Å². The van der Waals surface area contributed by atoms with Crippen LogP contribution < -0.4 is 5.32 Å². The molecular formula is C15H23N. The standard InChI is InChI=1S/C15H23N/c1-11-8-12(2)15(13(3)9-11)5-4-14-6-7-16-10-14/h8-9,14,16H,4-7,10H2,1-3H3. The first-order valence-electron chi connectivity index (χ1n) is 6.44. The Morgan fingerprint density at radius 3 is 2.44 bits per heavy atom. The average Bonchev–Trinajstić information content (AvgIpc) is 2.68. The minimum absolute atomic E-state index is 0.903. The minimum Gasteiger partial charge on any atom is -0.316 e. The molecule has 0 spiro atoms. The molecule has 16 heavy (non-hydrogen) atoms. The second-order valence-corrected chi connectivity index (χ2v) is 5.27. The molecule has 1 aliphatic rings. The molecule has 2 rings (SSSR count). The molecule has 1 aromatic rings. The van der Waals surface area contributed by atoms with Crippen molar-refractivity contribution < 1.29 is 0 Å². The largest absolute Gasteiger partial charge is 0.316 e. The lowest BCUT2D eigenvalue weighted by atomic mass is 9.92. The van der Waals surface area contributed by atoms with E-state index in [0.29, 0.717) is 0 Å². The van der Waals surface area contributed by atoms with Crippen molar-refractivity contribution in [3.05, 3.63) is 34.4 Å². The molecular weight excluding hydrogens is 194 g/mol. The van der Waals surface area contributed by atoms with Gasteiger partial charge in [-0.3, -0.25) is 0 Å². The molecule has 1 aliphatic heterocycles. The highest BCUT2D eigenvalue weighted by atomic mass is 14.9. The van der Waals surface area contributed by atoms with Gasteiger partial charge in [0.2, 0.25) is 0 Å². The molecule has 0 aliphatic carbocycles. The van der Waals surface area contributed by atoms with Gasteiger partial charge in [0.1, 0.15) is 0 Å². The highest BCUT2D eigenvalue weighted by Crippen LogP contribution is 2.21. The van der Waals surface area contributed by atoms with Gasteiger partial charge in [0.05, 0.1) is 0 Å². The van der Waals surface area contributed by atoms with E-state index in [1.54, 1.807) is 5.56 Å². The van der Waals surface area contributed by atoms with Crippen LogP contribution in [0.5, 0.6) is 0 Å². The number of benzene rings is 1. The van der Waals surface area contributed by atoms with E-state index >= 15 is 0 Å². The zero-order valence-electron chi connectivity index (χ0n) is 10.8. The first-order chi connectivity index (χ1) is 7.66. The summed E-state index contributed by atoms with van der Waals surface area (Å²) >= 11 is 0. The minimum atomic E-state index is 0.903. The third-order valence-electron chi connectivity index (χ3n) is 3.81. The van der Waals surface area contributed by atoms with Crippen molar-refractivity contribution in [1.29, 1.82) is 0 Å². The van der Waals surface area contributed by atoms with Crippen LogP contribution in [0.2, 0.25) is 0 Å². The van der Waals surface area contributed by atoms with E-state index in [4.69, 9.17) is 0 Å². The second-order valence-electron chi connectivity index (χ2n) is 5.27. The maximum absolute atomic E-state index is 3.45. The third kappa shape index (κ3) is 2.65. The van der Waals surface area contributed by atoms with E-state index in [9.17, 15) is 0 Å². The van der Waals surface area contributed by atoms with E-state index in [2.05, 4.69) is 38.2 Å². The SMILES string of the molecule is Cc1cc(C)c(CCC2CCNC2)c(C)c1. The van der Waals surface area contributed by atoms with Crippen molar-refractivity contribution in [2.45, 2.75) is 40.0 Å². The maximum atomic E-state index is 3.45. The zero-order chi connectivity index (χ0) is 11.5. The molecule has 0 aromatic heterocycles. The van der Waals surface area contributed by atoms with Crippen LogP contribution in [0.25, 0.3) is 0 Å². The number of aryl methyl sites for hydroxylation is 3. The number of rotatable bonds is 3. The van der Waals surface area contributed by atoms with Crippen LogP contribution in [0.4, 0.5) is 0 Å². The quantitative estimate of drug-likeness (QED) is 0.820. The Bertz CT molecular complexity index is 339. The van der Waals surface area contributed by atoms with E-state index in [1.807, 2.05) is 0 Å². The Kier molecular flexibility index (Phi) is 3.65. The summed E-state index contributed by atoms with van der Waals surface area (Å²) in [6.45, 7) is 9.13. The molecule has 1 unspecified atom stereocenters. The highest BCUT2D eigenvalue weighted by Gasteiger charge is 2.15. The number of hydrogen-bond acceptors (Lipinski definition) is 1. The molecule has 1 atom stereocenters. The summed E-state index contributed by atoms with van der Waals surface area (Å²) in [7, 11) is 0. The molecule has 0 bridgehead atoms. The van der Waals surface area contributed by atoms with Crippen molar-refractivity contribution in [1.82, 2.24) is 5.32 Å². The zero-order valence-corrected chi connectivity index (χ0v) is 10.8. The predicted molar refractivity (Wildman–Crippen MR) is 70.0 cm³/mol. The Morgan fingerprint density at radius 1 is 1.19 bits per heavy atom. The van der Waals surface area contributed by atoms with E-state index in [-0.39, 0.29) is 0 Å². The van der Waals surface area contributed by atoms with Gasteiger partial charge in [0.25, 0.3) is 0 Å². The fraction of sp³-hybridized carbons (Fsp3) is 0.600. The topological polar surface area (TPSA) is 12.0 Å². The monoisotopic (exact) mass is 217 g/mol. The van der Waals surface area contributed by atoms with Gasteiger partial charge in [-0.25, -0.2) is 0 Å². The second kappa shape index (κ2) is 5.01. The van der Waals surface area contributed by atoms with Gasteiger partial charge in [-0.15, -0.1) is 0 Å². The summed E-state index contributed by atoms with van der Waals surface area (Å²) < 4.78 is 0. The van der Waals surface area contributed by atoms with Crippen LogP contribution >= 0.6 is 0 Å². The van der Waals surface area contributed by atoms with E-state index in [0.717, 1.165) is 5.92 Å². The first kappa shape index (κ1) is 11.7. The van der Waals surface area contributed by atoms with Gasteiger partial charge in [0.15, 0.2) is 0 Å². The molecule has 88 valence electrons. The van der Waals surface area contributed by atoms with Gasteiger partial charge in [-0.2, -0.15) is 0 Å². The average molecular weight is 217 g/mol. The maximum Gasteiger partial charge on any atom is -0.00199 e. The van der Waals surface area contributed by atoms with Crippen molar-refractivity contribution in [3.63, 3.8) is 0 Å². The van der Waals surface area contributed by atoms with Gasteiger partial charge in [-0.05, 0) is 75.7 Å². The Balaban J connectivity index is 2.03. The summed E-state index contributed by atoms with van der Waals surface area (Å²) in [6, 6.07) is 4.63. The van der Waals surface area contributed by atoms with Gasteiger partial charge < -0.3 is 5.32 Å². The van der Waals surface area contributed by atoms with Crippen LogP contribution in [0.1, 0.15) is 35.1 Å². The lowest BCUT2D eigenvalue weighted by Gasteiger charge is -2.13. The number of nitrogens with one attached hydrogen (secondary N) is 1. The van der Waals surface area contributed by atoms with Crippen molar-refractivity contribution in [3.8, 4) is 0 Å². The summed E-state index contributed by atoms with van der Waals surface area (Å²) in [5.74, 6) is 0.903. The molecule has 1 aromatic carbocycles. The molecule has 1 fully saturated rings. The molecule has 1 saturated heterocycles. The van der Waals surface area contributed by atoms with Crippen LogP contribution in [-0.2, 0) is 6.42 Å². The van der Waals surface area contributed by atoms with Crippen molar-refractivity contribution in [2.75, 3.05) is 13.1 Å².